The Morgan fingerprint density at radius 1 is 1.14 bits per heavy atom. The van der Waals surface area contributed by atoms with Gasteiger partial charge in [0.2, 0.25) is 0 Å². The Hall–Kier alpha value is -1.58. The van der Waals surface area contributed by atoms with Crippen molar-refractivity contribution in [2.24, 2.45) is 11.7 Å². The van der Waals surface area contributed by atoms with E-state index in [4.69, 9.17) is 22.1 Å². The summed E-state index contributed by atoms with van der Waals surface area (Å²) in [6.07, 6.45) is 1.42. The first kappa shape index (κ1) is 15.8. The zero-order valence-corrected chi connectivity index (χ0v) is 12.7. The Balaban J connectivity index is 2.15. The van der Waals surface area contributed by atoms with E-state index in [0.29, 0.717) is 18.0 Å². The fourth-order valence-electron chi connectivity index (χ4n) is 2.43. The Kier molecular flexibility index (Phi) is 5.59. The maximum atomic E-state index is 13.3. The van der Waals surface area contributed by atoms with Crippen molar-refractivity contribution in [1.82, 2.24) is 0 Å². The first-order valence-corrected chi connectivity index (χ1v) is 7.27. The third-order valence-corrected chi connectivity index (χ3v) is 3.92. The van der Waals surface area contributed by atoms with Crippen molar-refractivity contribution in [3.05, 3.63) is 64.4 Å². The van der Waals surface area contributed by atoms with Crippen LogP contribution in [0.2, 0.25) is 5.02 Å². The first-order chi connectivity index (χ1) is 10.1. The van der Waals surface area contributed by atoms with Gasteiger partial charge in [0.25, 0.3) is 0 Å². The molecule has 21 heavy (non-hydrogen) atoms. The first-order valence-electron chi connectivity index (χ1n) is 6.90. The average Bonchev–Trinajstić information content (AvgIpc) is 2.50. The lowest BCUT2D eigenvalue weighted by atomic mass is 9.92. The molecule has 0 saturated heterocycles. The van der Waals surface area contributed by atoms with Crippen molar-refractivity contribution < 1.29 is 9.13 Å². The zero-order chi connectivity index (χ0) is 15.2. The van der Waals surface area contributed by atoms with Gasteiger partial charge in [-0.1, -0.05) is 29.8 Å². The number of nitrogens with two attached hydrogens (primary N) is 1. The number of halogens is 2. The minimum absolute atomic E-state index is 0.181. The average molecular weight is 308 g/mol. The predicted molar refractivity (Wildman–Crippen MR) is 84.4 cm³/mol. The molecule has 0 heterocycles. The molecule has 2 aromatic rings. The highest BCUT2D eigenvalue weighted by Crippen LogP contribution is 2.25. The Morgan fingerprint density at radius 3 is 2.57 bits per heavy atom. The van der Waals surface area contributed by atoms with Crippen LogP contribution < -0.4 is 10.5 Å². The topological polar surface area (TPSA) is 35.2 Å². The number of hydrogen-bond donors (Lipinski definition) is 1. The van der Waals surface area contributed by atoms with Gasteiger partial charge in [-0.2, -0.15) is 0 Å². The van der Waals surface area contributed by atoms with Crippen molar-refractivity contribution in [2.45, 2.75) is 12.8 Å². The molecule has 0 aliphatic carbocycles. The number of ether oxygens (including phenoxy) is 1. The smallest absolute Gasteiger partial charge is 0.123 e. The van der Waals surface area contributed by atoms with E-state index in [1.807, 2.05) is 24.3 Å². The number of rotatable bonds is 6. The van der Waals surface area contributed by atoms with Gasteiger partial charge < -0.3 is 10.5 Å². The van der Waals surface area contributed by atoms with Crippen LogP contribution in [0.1, 0.15) is 11.1 Å². The van der Waals surface area contributed by atoms with E-state index in [1.165, 1.54) is 12.1 Å². The molecule has 0 aliphatic heterocycles. The number of hydrogen-bond acceptors (Lipinski definition) is 2. The van der Waals surface area contributed by atoms with Crippen LogP contribution in [0.3, 0.4) is 0 Å². The second-order valence-electron chi connectivity index (χ2n) is 5.06. The molecule has 2 N–H and O–H groups in total. The summed E-state index contributed by atoms with van der Waals surface area (Å²) in [7, 11) is 1.65. The minimum Gasteiger partial charge on any atom is -0.496 e. The number of benzene rings is 2. The van der Waals surface area contributed by atoms with Crippen LogP contribution >= 0.6 is 11.6 Å². The highest BCUT2D eigenvalue weighted by Gasteiger charge is 2.14. The molecule has 0 aliphatic rings. The highest BCUT2D eigenvalue weighted by molar-refractivity contribution is 6.31. The Labute approximate surface area is 129 Å². The van der Waals surface area contributed by atoms with Crippen molar-refractivity contribution >= 4 is 11.6 Å². The van der Waals surface area contributed by atoms with E-state index in [1.54, 1.807) is 13.2 Å². The van der Waals surface area contributed by atoms with Gasteiger partial charge in [-0.05, 0) is 60.7 Å². The molecule has 1 atom stereocenters. The largest absolute Gasteiger partial charge is 0.496 e. The third-order valence-electron chi connectivity index (χ3n) is 3.55. The van der Waals surface area contributed by atoms with Crippen LogP contribution in [0.5, 0.6) is 5.75 Å². The molecular weight excluding hydrogens is 289 g/mol. The lowest BCUT2D eigenvalue weighted by Crippen LogP contribution is -2.20. The summed E-state index contributed by atoms with van der Waals surface area (Å²) in [6, 6.07) is 12.3. The van der Waals surface area contributed by atoms with Gasteiger partial charge in [0.1, 0.15) is 11.6 Å². The predicted octanol–water partition coefficient (Wildman–Crippen LogP) is 3.85. The summed E-state index contributed by atoms with van der Waals surface area (Å²) in [5.41, 5.74) is 7.76. The summed E-state index contributed by atoms with van der Waals surface area (Å²) in [6.45, 7) is 0.505. The molecule has 0 fully saturated rings. The van der Waals surface area contributed by atoms with Crippen LogP contribution in [0.15, 0.2) is 42.5 Å². The highest BCUT2D eigenvalue weighted by atomic mass is 35.5. The van der Waals surface area contributed by atoms with Crippen molar-refractivity contribution in [2.75, 3.05) is 13.7 Å². The fourth-order valence-corrected chi connectivity index (χ4v) is 2.63. The van der Waals surface area contributed by atoms with Crippen LogP contribution in [-0.4, -0.2) is 13.7 Å². The van der Waals surface area contributed by atoms with E-state index in [2.05, 4.69) is 0 Å². The molecule has 2 rings (SSSR count). The van der Waals surface area contributed by atoms with Crippen LogP contribution in [0.4, 0.5) is 4.39 Å². The Bertz CT molecular complexity index is 603. The lowest BCUT2D eigenvalue weighted by molar-refractivity contribution is 0.404. The molecule has 0 amide bonds. The molecule has 1 unspecified atom stereocenters. The van der Waals surface area contributed by atoms with Crippen LogP contribution in [0.25, 0.3) is 0 Å². The summed E-state index contributed by atoms with van der Waals surface area (Å²) in [5.74, 6) is 0.754. The van der Waals surface area contributed by atoms with Crippen molar-refractivity contribution in [3.63, 3.8) is 0 Å². The van der Waals surface area contributed by atoms with Gasteiger partial charge in [0.05, 0.1) is 7.11 Å². The molecule has 0 radical (unpaired) electrons. The lowest BCUT2D eigenvalue weighted by Gasteiger charge is -2.17. The number of methoxy groups -OCH3 is 1. The summed E-state index contributed by atoms with van der Waals surface area (Å²) in [5, 5.41) is 0.579. The molecule has 112 valence electrons. The molecule has 0 spiro atoms. The van der Waals surface area contributed by atoms with Gasteiger partial charge in [-0.25, -0.2) is 4.39 Å². The van der Waals surface area contributed by atoms with E-state index in [0.717, 1.165) is 23.3 Å². The van der Waals surface area contributed by atoms with Gasteiger partial charge in [0, 0.05) is 5.02 Å². The van der Waals surface area contributed by atoms with Gasteiger partial charge in [-0.3, -0.25) is 0 Å². The summed E-state index contributed by atoms with van der Waals surface area (Å²) >= 11 is 6.13. The number of para-hydroxylation sites is 1. The maximum absolute atomic E-state index is 13.3. The van der Waals surface area contributed by atoms with Crippen LogP contribution in [0, 0.1) is 11.7 Å². The fraction of sp³-hybridized carbons (Fsp3) is 0.294. The normalized spacial score (nSPS) is 12.2. The van der Waals surface area contributed by atoms with E-state index in [-0.39, 0.29) is 11.7 Å². The monoisotopic (exact) mass is 307 g/mol. The molecule has 4 heteroatoms. The van der Waals surface area contributed by atoms with E-state index in [9.17, 15) is 4.39 Å². The minimum atomic E-state index is -0.275. The molecular formula is C17H19ClFNO. The summed E-state index contributed by atoms with van der Waals surface area (Å²) < 4.78 is 18.7. The Morgan fingerprint density at radius 2 is 1.86 bits per heavy atom. The summed E-state index contributed by atoms with van der Waals surface area (Å²) in [4.78, 5) is 0. The van der Waals surface area contributed by atoms with E-state index < -0.39 is 0 Å². The SMILES string of the molecule is COc1ccccc1CC(CN)Cc1cc(F)ccc1Cl. The van der Waals surface area contributed by atoms with Gasteiger partial charge in [-0.15, -0.1) is 0 Å². The molecule has 2 nitrogen and oxygen atoms in total. The van der Waals surface area contributed by atoms with Crippen molar-refractivity contribution in [1.29, 1.82) is 0 Å². The molecule has 0 aromatic heterocycles. The quantitative estimate of drug-likeness (QED) is 0.880. The zero-order valence-electron chi connectivity index (χ0n) is 12.0. The molecule has 2 aromatic carbocycles. The van der Waals surface area contributed by atoms with Gasteiger partial charge >= 0.3 is 0 Å². The van der Waals surface area contributed by atoms with E-state index >= 15 is 0 Å². The molecule has 0 saturated carbocycles. The second kappa shape index (κ2) is 7.43. The third kappa shape index (κ3) is 4.19. The van der Waals surface area contributed by atoms with Crippen molar-refractivity contribution in [3.8, 4) is 5.75 Å². The molecule has 0 bridgehead atoms. The standard InChI is InChI=1S/C17H19ClFNO/c1-21-17-5-3-2-4-13(17)8-12(11-20)9-14-10-15(19)6-7-16(14)18/h2-7,10,12H,8-9,11,20H2,1H3. The maximum Gasteiger partial charge on any atom is 0.123 e. The second-order valence-corrected chi connectivity index (χ2v) is 5.46. The van der Waals surface area contributed by atoms with Gasteiger partial charge in [0.15, 0.2) is 0 Å². The van der Waals surface area contributed by atoms with Crippen LogP contribution in [-0.2, 0) is 12.8 Å².